The van der Waals surface area contributed by atoms with Crippen molar-refractivity contribution in [1.82, 2.24) is 15.0 Å². The lowest BCUT2D eigenvalue weighted by Crippen LogP contribution is -1.81. The minimum absolute atomic E-state index is 0.464. The molecule has 2 heterocycles. The molecule has 72 valence electrons. The quantitative estimate of drug-likeness (QED) is 0.701. The lowest BCUT2D eigenvalue weighted by molar-refractivity contribution is 0.908. The van der Waals surface area contributed by atoms with Crippen molar-refractivity contribution in [1.29, 1.82) is 0 Å². The van der Waals surface area contributed by atoms with Crippen LogP contribution in [0.25, 0.3) is 10.3 Å². The van der Waals surface area contributed by atoms with Crippen LogP contribution in [0.15, 0.2) is 6.33 Å². The number of nitrogens with zero attached hydrogens (tertiary/aromatic N) is 3. The van der Waals surface area contributed by atoms with Crippen molar-refractivity contribution >= 4 is 33.3 Å². The molecule has 0 aliphatic heterocycles. The molecular formula is C9H8ClN3S. The van der Waals surface area contributed by atoms with Crippen molar-refractivity contribution in [2.24, 2.45) is 5.92 Å². The van der Waals surface area contributed by atoms with E-state index < -0.39 is 0 Å². The van der Waals surface area contributed by atoms with Gasteiger partial charge in [-0.15, -0.1) is 0 Å². The second-order valence-electron chi connectivity index (χ2n) is 3.69. The third-order valence-corrected chi connectivity index (χ3v) is 3.97. The smallest absolute Gasteiger partial charge is 0.159 e. The van der Waals surface area contributed by atoms with Gasteiger partial charge >= 0.3 is 0 Å². The van der Waals surface area contributed by atoms with Crippen LogP contribution in [0, 0.1) is 5.92 Å². The Balaban J connectivity index is 2.16. The molecule has 5 heteroatoms. The molecule has 0 amide bonds. The molecule has 0 N–H and O–H groups in total. The highest BCUT2D eigenvalue weighted by Gasteiger charge is 2.36. The van der Waals surface area contributed by atoms with E-state index in [0.717, 1.165) is 21.3 Å². The van der Waals surface area contributed by atoms with Crippen molar-refractivity contribution in [3.05, 3.63) is 16.5 Å². The molecular weight excluding hydrogens is 218 g/mol. The monoisotopic (exact) mass is 225 g/mol. The Labute approximate surface area is 90.2 Å². The van der Waals surface area contributed by atoms with E-state index in [1.807, 2.05) is 0 Å². The van der Waals surface area contributed by atoms with E-state index in [1.54, 1.807) is 11.3 Å². The molecule has 1 fully saturated rings. The molecule has 2 aromatic heterocycles. The topological polar surface area (TPSA) is 38.7 Å². The summed E-state index contributed by atoms with van der Waals surface area (Å²) in [6.45, 7) is 2.24. The van der Waals surface area contributed by atoms with Crippen molar-refractivity contribution in [3.8, 4) is 0 Å². The number of hydrogen-bond donors (Lipinski definition) is 0. The summed E-state index contributed by atoms with van der Waals surface area (Å²) in [4.78, 5) is 13.5. The average Bonchev–Trinajstić information content (AvgIpc) is 2.75. The molecule has 14 heavy (non-hydrogen) atoms. The first-order valence-electron chi connectivity index (χ1n) is 4.52. The van der Waals surface area contributed by atoms with Gasteiger partial charge in [-0.3, -0.25) is 0 Å². The fourth-order valence-corrected chi connectivity index (χ4v) is 2.95. The number of rotatable bonds is 1. The number of thiazole rings is 1. The number of hydrogen-bond acceptors (Lipinski definition) is 4. The van der Waals surface area contributed by atoms with Crippen LogP contribution in [-0.2, 0) is 0 Å². The van der Waals surface area contributed by atoms with Gasteiger partial charge in [-0.25, -0.2) is 15.0 Å². The van der Waals surface area contributed by atoms with Crippen LogP contribution in [0.2, 0.25) is 5.15 Å². The minimum atomic E-state index is 0.464. The summed E-state index contributed by atoms with van der Waals surface area (Å²) < 4.78 is 0. The fourth-order valence-electron chi connectivity index (χ4n) is 1.57. The summed E-state index contributed by atoms with van der Waals surface area (Å²) in [7, 11) is 0. The van der Waals surface area contributed by atoms with Gasteiger partial charge in [0.05, 0.1) is 5.01 Å². The molecule has 0 spiro atoms. The molecule has 1 aliphatic carbocycles. The molecule has 3 rings (SSSR count). The van der Waals surface area contributed by atoms with Crippen molar-refractivity contribution in [2.75, 3.05) is 0 Å². The van der Waals surface area contributed by atoms with E-state index in [2.05, 4.69) is 21.9 Å². The van der Waals surface area contributed by atoms with Crippen molar-refractivity contribution in [3.63, 3.8) is 0 Å². The van der Waals surface area contributed by atoms with Crippen LogP contribution in [0.1, 0.15) is 24.3 Å². The van der Waals surface area contributed by atoms with Gasteiger partial charge in [0.15, 0.2) is 5.15 Å². The summed E-state index contributed by atoms with van der Waals surface area (Å²) in [6, 6.07) is 0. The zero-order valence-electron chi connectivity index (χ0n) is 7.57. The SMILES string of the molecule is CC1CC1c1nc2c(Cl)ncnc2s1. The summed E-state index contributed by atoms with van der Waals surface area (Å²) in [5, 5.41) is 1.63. The largest absolute Gasteiger partial charge is 0.236 e. The fraction of sp³-hybridized carbons (Fsp3) is 0.444. The first-order valence-corrected chi connectivity index (χ1v) is 5.72. The predicted molar refractivity (Wildman–Crippen MR) is 56.7 cm³/mol. The van der Waals surface area contributed by atoms with E-state index >= 15 is 0 Å². The van der Waals surface area contributed by atoms with Crippen LogP contribution in [-0.4, -0.2) is 15.0 Å². The minimum Gasteiger partial charge on any atom is -0.236 e. The molecule has 0 radical (unpaired) electrons. The van der Waals surface area contributed by atoms with Gasteiger partial charge in [0.1, 0.15) is 16.7 Å². The Kier molecular flexibility index (Phi) is 1.76. The van der Waals surface area contributed by atoms with Crippen molar-refractivity contribution < 1.29 is 0 Å². The molecule has 3 nitrogen and oxygen atoms in total. The zero-order valence-corrected chi connectivity index (χ0v) is 9.14. The Bertz CT molecular complexity index is 496. The molecule has 2 aromatic rings. The van der Waals surface area contributed by atoms with Crippen LogP contribution in [0.4, 0.5) is 0 Å². The first kappa shape index (κ1) is 8.56. The number of halogens is 1. The van der Waals surface area contributed by atoms with Gasteiger partial charge in [-0.2, -0.15) is 0 Å². The third kappa shape index (κ3) is 1.21. The molecule has 0 aromatic carbocycles. The van der Waals surface area contributed by atoms with E-state index in [4.69, 9.17) is 11.6 Å². The number of fused-ring (bicyclic) bond motifs is 1. The number of aromatic nitrogens is 3. The summed E-state index contributed by atoms with van der Waals surface area (Å²) in [5.41, 5.74) is 0.758. The average molecular weight is 226 g/mol. The van der Waals surface area contributed by atoms with Crippen molar-refractivity contribution in [2.45, 2.75) is 19.3 Å². The summed E-state index contributed by atoms with van der Waals surface area (Å²) in [6.07, 6.45) is 2.73. The Morgan fingerprint density at radius 2 is 2.29 bits per heavy atom. The van der Waals surface area contributed by atoms with E-state index in [0.29, 0.717) is 11.1 Å². The molecule has 2 atom stereocenters. The lowest BCUT2D eigenvalue weighted by Gasteiger charge is -1.87. The van der Waals surface area contributed by atoms with E-state index in [9.17, 15) is 0 Å². The highest BCUT2D eigenvalue weighted by molar-refractivity contribution is 7.18. The zero-order chi connectivity index (χ0) is 9.71. The van der Waals surface area contributed by atoms with Crippen LogP contribution < -0.4 is 0 Å². The highest BCUT2D eigenvalue weighted by Crippen LogP contribution is 2.48. The Hall–Kier alpha value is -0.740. The maximum atomic E-state index is 5.92. The second kappa shape index (κ2) is 2.87. The van der Waals surface area contributed by atoms with Gasteiger partial charge in [-0.05, 0) is 12.3 Å². The summed E-state index contributed by atoms with van der Waals surface area (Å²) in [5.74, 6) is 1.40. The van der Waals surface area contributed by atoms with Crippen LogP contribution >= 0.6 is 22.9 Å². The van der Waals surface area contributed by atoms with E-state index in [-0.39, 0.29) is 0 Å². The Morgan fingerprint density at radius 1 is 1.50 bits per heavy atom. The molecule has 1 aliphatic rings. The molecule has 2 unspecified atom stereocenters. The molecule has 0 saturated heterocycles. The van der Waals surface area contributed by atoms with E-state index in [1.165, 1.54) is 12.7 Å². The van der Waals surface area contributed by atoms with Gasteiger partial charge in [-0.1, -0.05) is 29.9 Å². The van der Waals surface area contributed by atoms with Gasteiger partial charge in [0.2, 0.25) is 0 Å². The highest BCUT2D eigenvalue weighted by atomic mass is 35.5. The Morgan fingerprint density at radius 3 is 2.93 bits per heavy atom. The van der Waals surface area contributed by atoms with Gasteiger partial charge < -0.3 is 0 Å². The lowest BCUT2D eigenvalue weighted by atomic mass is 10.3. The van der Waals surface area contributed by atoms with Gasteiger partial charge in [0.25, 0.3) is 0 Å². The van der Waals surface area contributed by atoms with Gasteiger partial charge in [0, 0.05) is 5.92 Å². The molecule has 1 saturated carbocycles. The maximum absolute atomic E-state index is 5.92. The third-order valence-electron chi connectivity index (χ3n) is 2.59. The van der Waals surface area contributed by atoms with Crippen LogP contribution in [0.5, 0.6) is 0 Å². The summed E-state index contributed by atoms with van der Waals surface area (Å²) >= 11 is 7.56. The second-order valence-corrected chi connectivity index (χ2v) is 5.06. The first-order chi connectivity index (χ1) is 6.75. The standard InChI is InChI=1S/C9H8ClN3S/c1-4-2-5(4)8-13-6-7(10)11-3-12-9(6)14-8/h3-5H,2H2,1H3. The van der Waals surface area contributed by atoms with Crippen LogP contribution in [0.3, 0.4) is 0 Å². The normalized spacial score (nSPS) is 25.6. The maximum Gasteiger partial charge on any atom is 0.159 e. The predicted octanol–water partition coefficient (Wildman–Crippen LogP) is 2.86. The molecule has 0 bridgehead atoms.